The predicted octanol–water partition coefficient (Wildman–Crippen LogP) is 4.29. The van der Waals surface area contributed by atoms with E-state index in [1.54, 1.807) is 34.8 Å². The molecule has 3 heterocycles. The monoisotopic (exact) mass is 695 g/mol. The molecule has 49 heavy (non-hydrogen) atoms. The summed E-state index contributed by atoms with van der Waals surface area (Å²) in [4.78, 5) is 58.5. The van der Waals surface area contributed by atoms with E-state index >= 15 is 4.39 Å². The lowest BCUT2D eigenvalue weighted by Crippen LogP contribution is -2.55. The fraction of sp³-hybridized carbons (Fsp3) is 0.559. The van der Waals surface area contributed by atoms with Gasteiger partial charge in [-0.25, -0.2) is 9.07 Å². The zero-order valence-corrected chi connectivity index (χ0v) is 29.3. The summed E-state index contributed by atoms with van der Waals surface area (Å²) >= 11 is 0.919. The van der Waals surface area contributed by atoms with E-state index < -0.39 is 41.4 Å². The topological polar surface area (TPSA) is 154 Å². The fourth-order valence-electron chi connectivity index (χ4n) is 6.64. The number of piperazine rings is 1. The molecule has 2 aromatic heterocycles. The summed E-state index contributed by atoms with van der Waals surface area (Å²) in [6, 6.07) is 5.06. The van der Waals surface area contributed by atoms with Gasteiger partial charge in [-0.3, -0.25) is 19.2 Å². The van der Waals surface area contributed by atoms with E-state index in [1.807, 2.05) is 20.9 Å². The Bertz CT molecular complexity index is 1600. The molecule has 1 aliphatic heterocycles. The maximum absolute atomic E-state index is 15.8. The first-order valence-corrected chi connectivity index (χ1v) is 17.8. The molecule has 1 aromatic carbocycles. The van der Waals surface area contributed by atoms with Gasteiger partial charge in [-0.05, 0) is 68.9 Å². The quantitative estimate of drug-likeness (QED) is 0.198. The van der Waals surface area contributed by atoms with Gasteiger partial charge in [0.05, 0.1) is 18.1 Å². The molecular weight excluding hydrogens is 649 g/mol. The first-order valence-electron chi connectivity index (χ1n) is 17.0. The summed E-state index contributed by atoms with van der Waals surface area (Å²) in [5.74, 6) is -3.84. The largest absolute Gasteiger partial charge is 0.339 e. The molecule has 13 nitrogen and oxygen atoms in total. The van der Waals surface area contributed by atoms with Crippen molar-refractivity contribution in [2.75, 3.05) is 43.9 Å². The van der Waals surface area contributed by atoms with E-state index in [0.29, 0.717) is 37.6 Å². The van der Waals surface area contributed by atoms with Crippen LogP contribution in [0.1, 0.15) is 86.5 Å². The number of anilines is 2. The fourth-order valence-corrected chi connectivity index (χ4v) is 7.06. The number of hydrogen-bond donors (Lipinski definition) is 3. The number of hydrogen-bond acceptors (Lipinski definition) is 9. The van der Waals surface area contributed by atoms with E-state index in [-0.39, 0.29) is 28.4 Å². The number of aromatic nitrogens is 4. The van der Waals surface area contributed by atoms with Crippen molar-refractivity contribution in [3.8, 4) is 0 Å². The number of amides is 4. The molecule has 1 saturated heterocycles. The lowest BCUT2D eigenvalue weighted by molar-refractivity contribution is -0.135. The normalized spacial score (nSPS) is 18.0. The van der Waals surface area contributed by atoms with Crippen molar-refractivity contribution < 1.29 is 23.6 Å². The second-order valence-electron chi connectivity index (χ2n) is 13.4. The third-order valence-corrected chi connectivity index (χ3v) is 10.2. The van der Waals surface area contributed by atoms with Gasteiger partial charge in [-0.2, -0.15) is 5.10 Å². The van der Waals surface area contributed by atoms with Crippen LogP contribution in [-0.2, 0) is 14.4 Å². The average molecular weight is 696 g/mol. The molecule has 5 rings (SSSR count). The molecular formula is C34H46FN9O4S. The van der Waals surface area contributed by atoms with E-state index in [4.69, 9.17) is 0 Å². The van der Waals surface area contributed by atoms with Crippen LogP contribution < -0.4 is 16.0 Å². The number of likely N-dealkylation sites (N-methyl/N-ethyl adjacent to an activating group) is 1. The van der Waals surface area contributed by atoms with Gasteiger partial charge in [0.25, 0.3) is 5.91 Å². The van der Waals surface area contributed by atoms with Crippen LogP contribution in [-0.4, -0.2) is 92.1 Å². The van der Waals surface area contributed by atoms with Crippen LogP contribution in [0.3, 0.4) is 0 Å². The minimum Gasteiger partial charge on any atom is -0.339 e. The summed E-state index contributed by atoms with van der Waals surface area (Å²) in [6.45, 7) is 8.06. The molecule has 264 valence electrons. The molecule has 0 radical (unpaired) electrons. The second-order valence-corrected chi connectivity index (χ2v) is 14.1. The Balaban J connectivity index is 1.35. The van der Waals surface area contributed by atoms with E-state index in [9.17, 15) is 19.2 Å². The standard InChI is InChI=1S/C34H46FN9O4S/c1-21(2)44-28(13-14-37-44)39-33(47)29(23-9-7-5-6-8-10-23)32(46)38-26-12-11-24(19-25(26)35)22(3)30(40-31(45)27-20-36-41-49-27)34(48)43-17-15-42(4)16-18-43/h11-14,19-23,29-30H,5-10,15-18H2,1-4H3,(H,38,46)(H,39,47)(H,40,45)/t22-,29-,30+/m0/s1. The molecule has 3 atom stereocenters. The number of carbonyl (C=O) groups is 4. The van der Waals surface area contributed by atoms with Crippen molar-refractivity contribution in [1.82, 2.24) is 34.5 Å². The van der Waals surface area contributed by atoms with Gasteiger partial charge in [-0.1, -0.05) is 43.2 Å². The molecule has 1 saturated carbocycles. The first kappa shape index (κ1) is 36.1. The summed E-state index contributed by atoms with van der Waals surface area (Å²) < 4.78 is 21.2. The van der Waals surface area contributed by atoms with Gasteiger partial charge >= 0.3 is 0 Å². The maximum Gasteiger partial charge on any atom is 0.265 e. The van der Waals surface area contributed by atoms with Crippen molar-refractivity contribution in [2.24, 2.45) is 11.8 Å². The van der Waals surface area contributed by atoms with E-state index in [1.165, 1.54) is 18.3 Å². The molecule has 0 spiro atoms. The highest BCUT2D eigenvalue weighted by atomic mass is 32.1. The third-order valence-electron chi connectivity index (χ3n) is 9.58. The van der Waals surface area contributed by atoms with Crippen molar-refractivity contribution in [3.05, 3.63) is 52.9 Å². The van der Waals surface area contributed by atoms with E-state index in [2.05, 4.69) is 35.5 Å². The number of carbonyl (C=O) groups excluding carboxylic acids is 4. The van der Waals surface area contributed by atoms with Crippen LogP contribution in [0.15, 0.2) is 36.7 Å². The first-order chi connectivity index (χ1) is 23.5. The van der Waals surface area contributed by atoms with E-state index in [0.717, 1.165) is 50.1 Å². The Kier molecular flexibility index (Phi) is 12.1. The number of benzene rings is 1. The highest BCUT2D eigenvalue weighted by Gasteiger charge is 2.37. The van der Waals surface area contributed by atoms with Gasteiger partial charge in [0.1, 0.15) is 28.5 Å². The number of nitrogens with zero attached hydrogens (tertiary/aromatic N) is 6. The van der Waals surface area contributed by atoms with Crippen LogP contribution in [0, 0.1) is 17.7 Å². The van der Waals surface area contributed by atoms with Crippen LogP contribution >= 0.6 is 11.5 Å². The number of nitrogens with one attached hydrogen (secondary N) is 3. The Morgan fingerprint density at radius 3 is 2.27 bits per heavy atom. The van der Waals surface area contributed by atoms with Crippen molar-refractivity contribution >= 4 is 46.7 Å². The SMILES string of the molecule is CC(C)n1nccc1NC(=O)[C@H](C(=O)Nc1ccc([C@H](C)[C@@H](NC(=O)c2cnns2)C(=O)N2CCN(C)CC2)cc1F)C1CCCCCC1. The molecule has 0 unspecified atom stereocenters. The van der Waals surface area contributed by atoms with Gasteiger partial charge in [0, 0.05) is 44.2 Å². The maximum atomic E-state index is 15.8. The van der Waals surface area contributed by atoms with Crippen LogP contribution in [0.4, 0.5) is 15.9 Å². The lowest BCUT2D eigenvalue weighted by Gasteiger charge is -2.36. The van der Waals surface area contributed by atoms with Crippen LogP contribution in [0.5, 0.6) is 0 Å². The summed E-state index contributed by atoms with van der Waals surface area (Å²) in [7, 11) is 1.98. The average Bonchev–Trinajstić information content (AvgIpc) is 3.72. The summed E-state index contributed by atoms with van der Waals surface area (Å²) in [5.41, 5.74) is 0.395. The Labute approximate surface area is 290 Å². The zero-order valence-electron chi connectivity index (χ0n) is 28.5. The smallest absolute Gasteiger partial charge is 0.265 e. The minimum atomic E-state index is -1.03. The summed E-state index contributed by atoms with van der Waals surface area (Å²) in [5, 5.41) is 16.4. The Morgan fingerprint density at radius 1 is 0.939 bits per heavy atom. The van der Waals surface area contributed by atoms with Gasteiger partial charge < -0.3 is 25.8 Å². The highest BCUT2D eigenvalue weighted by molar-refractivity contribution is 7.07. The lowest BCUT2D eigenvalue weighted by atomic mass is 9.84. The molecule has 1 aliphatic carbocycles. The Morgan fingerprint density at radius 2 is 1.63 bits per heavy atom. The second kappa shape index (κ2) is 16.4. The Hall–Kier alpha value is -4.24. The third kappa shape index (κ3) is 8.87. The van der Waals surface area contributed by atoms with Crippen LogP contribution in [0.2, 0.25) is 0 Å². The highest BCUT2D eigenvalue weighted by Crippen LogP contribution is 2.32. The van der Waals surface area contributed by atoms with Crippen molar-refractivity contribution in [2.45, 2.75) is 77.3 Å². The van der Waals surface area contributed by atoms with Gasteiger partial charge in [-0.15, -0.1) is 5.10 Å². The van der Waals surface area contributed by atoms with Crippen LogP contribution in [0.25, 0.3) is 0 Å². The van der Waals surface area contributed by atoms with Gasteiger partial charge in [0.15, 0.2) is 0 Å². The molecule has 3 aromatic rings. The molecule has 4 amide bonds. The number of halogens is 1. The van der Waals surface area contributed by atoms with Crippen molar-refractivity contribution in [1.29, 1.82) is 0 Å². The number of rotatable bonds is 11. The van der Waals surface area contributed by atoms with Crippen molar-refractivity contribution in [3.63, 3.8) is 0 Å². The van der Waals surface area contributed by atoms with Gasteiger partial charge in [0.2, 0.25) is 17.7 Å². The molecule has 2 aliphatic rings. The molecule has 0 bridgehead atoms. The predicted molar refractivity (Wildman–Crippen MR) is 185 cm³/mol. The molecule has 15 heteroatoms. The minimum absolute atomic E-state index is 0.0000568. The molecule has 2 fully saturated rings. The zero-order chi connectivity index (χ0) is 35.1. The molecule has 3 N–H and O–H groups in total. The summed E-state index contributed by atoms with van der Waals surface area (Å²) in [6.07, 6.45) is 8.29.